The molecule has 0 atom stereocenters. The average Bonchev–Trinajstić information content (AvgIpc) is 2.81. The summed E-state index contributed by atoms with van der Waals surface area (Å²) in [4.78, 5) is 0. The molecule has 0 fully saturated rings. The fourth-order valence-corrected chi connectivity index (χ4v) is 3.40. The lowest BCUT2D eigenvalue weighted by molar-refractivity contribution is 0.315. The SMILES string of the molecule is NCC1(Cc2ccc(F)c(Cl)c2)Cc2ccccc2C1. The normalized spacial score (nSPS) is 16.1. The van der Waals surface area contributed by atoms with E-state index in [0.717, 1.165) is 24.8 Å². The quantitative estimate of drug-likeness (QED) is 0.915. The van der Waals surface area contributed by atoms with E-state index in [2.05, 4.69) is 24.3 Å². The van der Waals surface area contributed by atoms with Gasteiger partial charge in [-0.3, -0.25) is 0 Å². The van der Waals surface area contributed by atoms with Crippen LogP contribution < -0.4 is 5.73 Å². The van der Waals surface area contributed by atoms with Crippen LogP contribution in [0.5, 0.6) is 0 Å². The molecule has 1 nitrogen and oxygen atoms in total. The van der Waals surface area contributed by atoms with Gasteiger partial charge in [0.05, 0.1) is 5.02 Å². The molecule has 0 spiro atoms. The molecule has 1 aliphatic rings. The number of rotatable bonds is 3. The molecule has 0 radical (unpaired) electrons. The van der Waals surface area contributed by atoms with Crippen LogP contribution in [0, 0.1) is 11.2 Å². The van der Waals surface area contributed by atoms with E-state index in [1.165, 1.54) is 17.2 Å². The highest BCUT2D eigenvalue weighted by Gasteiger charge is 2.36. The molecule has 0 unspecified atom stereocenters. The number of hydrogen-bond acceptors (Lipinski definition) is 1. The zero-order chi connectivity index (χ0) is 14.2. The fraction of sp³-hybridized carbons (Fsp3) is 0.294. The lowest BCUT2D eigenvalue weighted by Crippen LogP contribution is -2.33. The number of benzene rings is 2. The summed E-state index contributed by atoms with van der Waals surface area (Å²) in [6.45, 7) is 0.622. The highest BCUT2D eigenvalue weighted by Crippen LogP contribution is 2.39. The summed E-state index contributed by atoms with van der Waals surface area (Å²) in [7, 11) is 0. The van der Waals surface area contributed by atoms with Crippen molar-refractivity contribution in [2.45, 2.75) is 19.3 Å². The van der Waals surface area contributed by atoms with Crippen LogP contribution in [0.4, 0.5) is 4.39 Å². The second-order valence-electron chi connectivity index (χ2n) is 5.75. The van der Waals surface area contributed by atoms with Gasteiger partial charge in [-0.25, -0.2) is 4.39 Å². The van der Waals surface area contributed by atoms with Crippen molar-refractivity contribution in [3.05, 3.63) is 70.0 Å². The Hall–Kier alpha value is -1.38. The molecule has 3 heteroatoms. The van der Waals surface area contributed by atoms with Crippen molar-refractivity contribution in [1.82, 2.24) is 0 Å². The number of fused-ring (bicyclic) bond motifs is 1. The Balaban J connectivity index is 1.87. The van der Waals surface area contributed by atoms with Crippen molar-refractivity contribution in [3.8, 4) is 0 Å². The minimum absolute atomic E-state index is 0.0326. The lowest BCUT2D eigenvalue weighted by atomic mass is 9.79. The fourth-order valence-electron chi connectivity index (χ4n) is 3.20. The monoisotopic (exact) mass is 289 g/mol. The molecule has 2 aromatic rings. The third kappa shape index (κ3) is 2.46. The molecule has 0 aliphatic heterocycles. The highest BCUT2D eigenvalue weighted by atomic mass is 35.5. The zero-order valence-electron chi connectivity index (χ0n) is 11.2. The standard InChI is InChI=1S/C17H17ClFN/c18-15-7-12(5-6-16(15)19)8-17(11-20)9-13-3-1-2-4-14(13)10-17/h1-7H,8-11,20H2. The van der Waals surface area contributed by atoms with E-state index in [1.54, 1.807) is 6.07 Å². The largest absolute Gasteiger partial charge is 0.330 e. The summed E-state index contributed by atoms with van der Waals surface area (Å²) < 4.78 is 13.2. The van der Waals surface area contributed by atoms with Crippen LogP contribution in [-0.4, -0.2) is 6.54 Å². The molecule has 104 valence electrons. The lowest BCUT2D eigenvalue weighted by Gasteiger charge is -2.27. The van der Waals surface area contributed by atoms with Gasteiger partial charge in [-0.05, 0) is 60.0 Å². The van der Waals surface area contributed by atoms with Crippen molar-refractivity contribution < 1.29 is 4.39 Å². The van der Waals surface area contributed by atoms with Crippen molar-refractivity contribution in [2.24, 2.45) is 11.1 Å². The van der Waals surface area contributed by atoms with Gasteiger partial charge in [0.15, 0.2) is 0 Å². The predicted molar refractivity (Wildman–Crippen MR) is 80.5 cm³/mol. The first-order valence-corrected chi connectivity index (χ1v) is 7.20. The van der Waals surface area contributed by atoms with Gasteiger partial charge >= 0.3 is 0 Å². The smallest absolute Gasteiger partial charge is 0.141 e. The maximum atomic E-state index is 13.2. The Labute approximate surface area is 123 Å². The highest BCUT2D eigenvalue weighted by molar-refractivity contribution is 6.30. The maximum Gasteiger partial charge on any atom is 0.141 e. The third-order valence-electron chi connectivity index (χ3n) is 4.25. The van der Waals surface area contributed by atoms with Crippen LogP contribution in [0.25, 0.3) is 0 Å². The van der Waals surface area contributed by atoms with Crippen molar-refractivity contribution in [3.63, 3.8) is 0 Å². The van der Waals surface area contributed by atoms with Gasteiger partial charge in [-0.2, -0.15) is 0 Å². The van der Waals surface area contributed by atoms with Crippen LogP contribution >= 0.6 is 11.6 Å². The Morgan fingerprint density at radius 1 is 1.10 bits per heavy atom. The topological polar surface area (TPSA) is 26.0 Å². The van der Waals surface area contributed by atoms with Crippen LogP contribution in [0.15, 0.2) is 42.5 Å². The average molecular weight is 290 g/mol. The van der Waals surface area contributed by atoms with Gasteiger partial charge < -0.3 is 5.73 Å². The van der Waals surface area contributed by atoms with Crippen molar-refractivity contribution in [2.75, 3.05) is 6.54 Å². The molecule has 3 rings (SSSR count). The van der Waals surface area contributed by atoms with E-state index in [-0.39, 0.29) is 16.3 Å². The summed E-state index contributed by atoms with van der Waals surface area (Å²) >= 11 is 5.87. The summed E-state index contributed by atoms with van der Waals surface area (Å²) in [6, 6.07) is 13.4. The second kappa shape index (κ2) is 5.19. The van der Waals surface area contributed by atoms with E-state index in [9.17, 15) is 4.39 Å². The molecule has 2 N–H and O–H groups in total. The molecule has 0 bridgehead atoms. The molecule has 0 amide bonds. The van der Waals surface area contributed by atoms with Gasteiger partial charge in [0, 0.05) is 0 Å². The molecule has 20 heavy (non-hydrogen) atoms. The van der Waals surface area contributed by atoms with E-state index < -0.39 is 0 Å². The van der Waals surface area contributed by atoms with Gasteiger partial charge in [0.2, 0.25) is 0 Å². The van der Waals surface area contributed by atoms with E-state index in [1.807, 2.05) is 6.07 Å². The zero-order valence-corrected chi connectivity index (χ0v) is 12.0. The van der Waals surface area contributed by atoms with Crippen molar-refractivity contribution >= 4 is 11.6 Å². The minimum atomic E-state index is -0.369. The van der Waals surface area contributed by atoms with Gasteiger partial charge in [-0.15, -0.1) is 0 Å². The van der Waals surface area contributed by atoms with Crippen LogP contribution in [0.1, 0.15) is 16.7 Å². The minimum Gasteiger partial charge on any atom is -0.330 e. The first-order valence-electron chi connectivity index (χ1n) is 6.83. The van der Waals surface area contributed by atoms with E-state index in [0.29, 0.717) is 6.54 Å². The van der Waals surface area contributed by atoms with Crippen LogP contribution in [0.2, 0.25) is 5.02 Å². The third-order valence-corrected chi connectivity index (χ3v) is 4.54. The molecule has 0 saturated carbocycles. The number of nitrogens with two attached hydrogens (primary N) is 1. The molecule has 2 aromatic carbocycles. The first-order chi connectivity index (χ1) is 9.62. The van der Waals surface area contributed by atoms with Crippen LogP contribution in [-0.2, 0) is 19.3 Å². The summed E-state index contributed by atoms with van der Waals surface area (Å²) in [5.41, 5.74) is 9.90. The molecule has 0 heterocycles. The van der Waals surface area contributed by atoms with Crippen molar-refractivity contribution in [1.29, 1.82) is 0 Å². The van der Waals surface area contributed by atoms with E-state index >= 15 is 0 Å². The molecule has 0 saturated heterocycles. The maximum absolute atomic E-state index is 13.2. The Kier molecular flexibility index (Phi) is 3.53. The summed E-state index contributed by atoms with van der Waals surface area (Å²) in [5, 5.41) is 0.185. The predicted octanol–water partition coefficient (Wildman–Crippen LogP) is 3.77. The molecular formula is C17H17ClFN. The summed E-state index contributed by atoms with van der Waals surface area (Å²) in [6.07, 6.45) is 2.79. The molecule has 0 aromatic heterocycles. The molecular weight excluding hydrogens is 273 g/mol. The summed E-state index contributed by atoms with van der Waals surface area (Å²) in [5.74, 6) is -0.369. The Morgan fingerprint density at radius 2 is 1.75 bits per heavy atom. The first kappa shape index (κ1) is 13.6. The van der Waals surface area contributed by atoms with Gasteiger partial charge in [-0.1, -0.05) is 41.9 Å². The Bertz CT molecular complexity index is 614. The number of hydrogen-bond donors (Lipinski definition) is 1. The van der Waals surface area contributed by atoms with Crippen LogP contribution in [0.3, 0.4) is 0 Å². The van der Waals surface area contributed by atoms with E-state index in [4.69, 9.17) is 17.3 Å². The van der Waals surface area contributed by atoms with Gasteiger partial charge in [0.1, 0.15) is 5.82 Å². The molecule has 1 aliphatic carbocycles. The Morgan fingerprint density at radius 3 is 2.30 bits per heavy atom. The second-order valence-corrected chi connectivity index (χ2v) is 6.16. The van der Waals surface area contributed by atoms with Gasteiger partial charge in [0.25, 0.3) is 0 Å². The number of halogens is 2.